The van der Waals surface area contributed by atoms with E-state index in [9.17, 15) is 4.79 Å². The first-order chi connectivity index (χ1) is 11.0. The van der Waals surface area contributed by atoms with Gasteiger partial charge in [0.25, 0.3) is 0 Å². The highest BCUT2D eigenvalue weighted by Crippen LogP contribution is 2.28. The molecule has 2 rings (SSSR count). The zero-order chi connectivity index (χ0) is 16.7. The third kappa shape index (κ3) is 6.18. The average Bonchev–Trinajstić information content (AvgIpc) is 3.05. The third-order valence-corrected chi connectivity index (χ3v) is 4.61. The molecule has 0 aromatic heterocycles. The molecular weight excluding hydrogens is 306 g/mol. The molecular formula is C18H27N3OS. The molecule has 1 aromatic carbocycles. The van der Waals surface area contributed by atoms with Crippen molar-refractivity contribution >= 4 is 28.9 Å². The summed E-state index contributed by atoms with van der Waals surface area (Å²) in [6.45, 7) is 4.32. The zero-order valence-electron chi connectivity index (χ0n) is 14.0. The summed E-state index contributed by atoms with van der Waals surface area (Å²) in [6.07, 6.45) is 6.70. The number of hydrazine groups is 1. The monoisotopic (exact) mass is 333 g/mol. The molecule has 0 atom stereocenters. The van der Waals surface area contributed by atoms with Crippen LogP contribution in [0.5, 0.6) is 0 Å². The summed E-state index contributed by atoms with van der Waals surface area (Å²) in [7, 11) is 0. The van der Waals surface area contributed by atoms with Crippen molar-refractivity contribution in [2.75, 3.05) is 5.32 Å². The van der Waals surface area contributed by atoms with Gasteiger partial charge in [-0.1, -0.05) is 51.7 Å². The van der Waals surface area contributed by atoms with Crippen molar-refractivity contribution in [3.8, 4) is 0 Å². The Kier molecular flexibility index (Phi) is 6.84. The molecule has 0 heterocycles. The van der Waals surface area contributed by atoms with Gasteiger partial charge in [0.2, 0.25) is 5.91 Å². The normalized spacial score (nSPS) is 14.7. The summed E-state index contributed by atoms with van der Waals surface area (Å²) in [5.74, 6) is 1.23. The van der Waals surface area contributed by atoms with E-state index in [4.69, 9.17) is 12.2 Å². The van der Waals surface area contributed by atoms with Crippen molar-refractivity contribution in [3.05, 3.63) is 29.8 Å². The first kappa shape index (κ1) is 17.7. The molecule has 126 valence electrons. The van der Waals surface area contributed by atoms with Gasteiger partial charge in [0.15, 0.2) is 5.11 Å². The predicted octanol–water partition coefficient (Wildman–Crippen LogP) is 4.10. The topological polar surface area (TPSA) is 53.2 Å². The summed E-state index contributed by atoms with van der Waals surface area (Å²) in [6, 6.07) is 8.14. The molecule has 1 fully saturated rings. The molecule has 4 nitrogen and oxygen atoms in total. The Balaban J connectivity index is 1.66. The fraction of sp³-hybridized carbons (Fsp3) is 0.556. The lowest BCUT2D eigenvalue weighted by molar-refractivity contribution is -0.121. The van der Waals surface area contributed by atoms with E-state index < -0.39 is 0 Å². The largest absolute Gasteiger partial charge is 0.331 e. The number of hydrogen-bond acceptors (Lipinski definition) is 2. The maximum Gasteiger partial charge on any atom is 0.238 e. The number of hydrogen-bond donors (Lipinski definition) is 3. The van der Waals surface area contributed by atoms with Gasteiger partial charge in [-0.3, -0.25) is 15.6 Å². The highest BCUT2D eigenvalue weighted by atomic mass is 32.1. The Morgan fingerprint density at radius 1 is 1.17 bits per heavy atom. The third-order valence-electron chi connectivity index (χ3n) is 4.41. The van der Waals surface area contributed by atoms with Gasteiger partial charge in [-0.15, -0.1) is 0 Å². The highest BCUT2D eigenvalue weighted by Gasteiger charge is 2.16. The van der Waals surface area contributed by atoms with Crippen molar-refractivity contribution in [1.82, 2.24) is 10.9 Å². The molecule has 1 amide bonds. The van der Waals surface area contributed by atoms with E-state index in [-0.39, 0.29) is 5.91 Å². The lowest BCUT2D eigenvalue weighted by Crippen LogP contribution is -2.43. The summed E-state index contributed by atoms with van der Waals surface area (Å²) >= 11 is 5.19. The van der Waals surface area contributed by atoms with Gasteiger partial charge in [0.1, 0.15) is 0 Å². The van der Waals surface area contributed by atoms with Gasteiger partial charge in [-0.05, 0) is 48.2 Å². The Hall–Kier alpha value is -1.62. The van der Waals surface area contributed by atoms with Gasteiger partial charge in [-0.2, -0.15) is 0 Å². The molecule has 1 saturated carbocycles. The Bertz CT molecular complexity index is 522. The molecule has 3 N–H and O–H groups in total. The minimum absolute atomic E-state index is 0.00351. The summed E-state index contributed by atoms with van der Waals surface area (Å²) in [4.78, 5) is 11.8. The molecule has 23 heavy (non-hydrogen) atoms. The fourth-order valence-corrected chi connectivity index (χ4v) is 3.11. The van der Waals surface area contributed by atoms with Gasteiger partial charge in [-0.25, -0.2) is 0 Å². The Labute approximate surface area is 144 Å². The second-order valence-corrected chi connectivity index (χ2v) is 7.00. The Morgan fingerprint density at radius 3 is 2.43 bits per heavy atom. The van der Waals surface area contributed by atoms with Crippen molar-refractivity contribution in [3.63, 3.8) is 0 Å². The van der Waals surface area contributed by atoms with Crippen LogP contribution in [0, 0.1) is 5.92 Å². The maximum atomic E-state index is 11.8. The zero-order valence-corrected chi connectivity index (χ0v) is 14.8. The molecule has 0 unspecified atom stereocenters. The number of benzene rings is 1. The van der Waals surface area contributed by atoms with Crippen LogP contribution in [0.2, 0.25) is 0 Å². The number of carbonyl (C=O) groups excluding carboxylic acids is 1. The van der Waals surface area contributed by atoms with Crippen LogP contribution in [-0.4, -0.2) is 11.0 Å². The number of anilines is 1. The lowest BCUT2D eigenvalue weighted by atomic mass is 10.0. The lowest BCUT2D eigenvalue weighted by Gasteiger charge is -2.13. The Morgan fingerprint density at radius 2 is 1.83 bits per heavy atom. The van der Waals surface area contributed by atoms with Gasteiger partial charge < -0.3 is 5.32 Å². The molecule has 5 heteroatoms. The summed E-state index contributed by atoms with van der Waals surface area (Å²) in [5, 5.41) is 3.47. The highest BCUT2D eigenvalue weighted by molar-refractivity contribution is 7.80. The molecule has 0 spiro atoms. The molecule has 1 aliphatic carbocycles. The van der Waals surface area contributed by atoms with E-state index in [1.54, 1.807) is 0 Å². The number of amides is 1. The predicted molar refractivity (Wildman–Crippen MR) is 99.2 cm³/mol. The molecule has 0 aliphatic heterocycles. The first-order valence-electron chi connectivity index (χ1n) is 8.50. The number of carbonyl (C=O) groups is 1. The van der Waals surface area contributed by atoms with Crippen LogP contribution < -0.4 is 16.2 Å². The van der Waals surface area contributed by atoms with Crippen molar-refractivity contribution in [1.29, 1.82) is 0 Å². The van der Waals surface area contributed by atoms with E-state index in [1.807, 2.05) is 12.1 Å². The van der Waals surface area contributed by atoms with Crippen LogP contribution in [0.3, 0.4) is 0 Å². The van der Waals surface area contributed by atoms with Gasteiger partial charge >= 0.3 is 0 Å². The van der Waals surface area contributed by atoms with E-state index in [0.29, 0.717) is 17.5 Å². The summed E-state index contributed by atoms with van der Waals surface area (Å²) < 4.78 is 0. The first-order valence-corrected chi connectivity index (χ1v) is 8.91. The second-order valence-electron chi connectivity index (χ2n) is 6.59. The molecule has 0 saturated heterocycles. The quantitative estimate of drug-likeness (QED) is 0.561. The van der Waals surface area contributed by atoms with E-state index in [2.05, 4.69) is 42.1 Å². The minimum atomic E-state index is -0.00351. The van der Waals surface area contributed by atoms with Gasteiger partial charge in [0.05, 0.1) is 0 Å². The van der Waals surface area contributed by atoms with E-state index >= 15 is 0 Å². The second kappa shape index (κ2) is 8.87. The maximum absolute atomic E-state index is 11.8. The van der Waals surface area contributed by atoms with Crippen molar-refractivity contribution in [2.24, 2.45) is 5.92 Å². The van der Waals surface area contributed by atoms with Crippen molar-refractivity contribution in [2.45, 2.75) is 58.3 Å². The van der Waals surface area contributed by atoms with Gasteiger partial charge in [0, 0.05) is 12.1 Å². The van der Waals surface area contributed by atoms with E-state index in [0.717, 1.165) is 18.0 Å². The number of thiocarbonyl (C=S) groups is 1. The molecule has 0 bridgehead atoms. The number of nitrogens with one attached hydrogen (secondary N) is 3. The van der Waals surface area contributed by atoms with Crippen LogP contribution in [0.15, 0.2) is 24.3 Å². The van der Waals surface area contributed by atoms with Crippen LogP contribution >= 0.6 is 12.2 Å². The molecule has 0 radical (unpaired) electrons. The number of rotatable bonds is 5. The standard InChI is InChI=1S/C18H27N3OS/c1-13(2)15-8-10-16(11-9-15)19-18(23)21-20-17(22)12-7-14-5-3-4-6-14/h8-11,13-14H,3-7,12H2,1-2H3,(H,20,22)(H2,19,21,23). The minimum Gasteiger partial charge on any atom is -0.331 e. The van der Waals surface area contributed by atoms with Crippen LogP contribution in [-0.2, 0) is 4.79 Å². The fourth-order valence-electron chi connectivity index (χ4n) is 2.94. The molecule has 1 aromatic rings. The summed E-state index contributed by atoms with van der Waals surface area (Å²) in [5.41, 5.74) is 7.62. The van der Waals surface area contributed by atoms with Crippen LogP contribution in [0.25, 0.3) is 0 Å². The van der Waals surface area contributed by atoms with Crippen molar-refractivity contribution < 1.29 is 4.79 Å². The smallest absolute Gasteiger partial charge is 0.238 e. The van der Waals surface area contributed by atoms with Crippen LogP contribution in [0.1, 0.15) is 63.9 Å². The molecule has 1 aliphatic rings. The average molecular weight is 334 g/mol. The SMILES string of the molecule is CC(C)c1ccc(NC(=S)NNC(=O)CCC2CCCC2)cc1. The van der Waals surface area contributed by atoms with Crippen LogP contribution in [0.4, 0.5) is 5.69 Å². The van der Waals surface area contributed by atoms with E-state index in [1.165, 1.54) is 31.2 Å².